The number of aromatic nitrogens is 1. The van der Waals surface area contributed by atoms with Crippen LogP contribution < -0.4 is 5.32 Å². The molecule has 2 aliphatic heterocycles. The van der Waals surface area contributed by atoms with Crippen molar-refractivity contribution in [2.45, 2.75) is 56.7 Å². The number of halogens is 1. The molecule has 4 rings (SSSR count). The van der Waals surface area contributed by atoms with Crippen molar-refractivity contribution < 1.29 is 14.3 Å². The van der Waals surface area contributed by atoms with Crippen LogP contribution in [0.25, 0.3) is 0 Å². The molecule has 1 aromatic rings. The van der Waals surface area contributed by atoms with Crippen LogP contribution in [0.2, 0.25) is 0 Å². The van der Waals surface area contributed by atoms with E-state index in [2.05, 4.69) is 10.3 Å². The van der Waals surface area contributed by atoms with Crippen molar-refractivity contribution in [3.05, 3.63) is 17.3 Å². The second-order valence-electron chi connectivity index (χ2n) is 6.41. The molecule has 6 nitrogen and oxygen atoms in total. The van der Waals surface area contributed by atoms with Crippen LogP contribution >= 0.6 is 12.4 Å². The highest BCUT2D eigenvalue weighted by Crippen LogP contribution is 2.37. The van der Waals surface area contributed by atoms with Gasteiger partial charge in [-0.3, -0.25) is 4.79 Å². The number of aliphatic hydroxyl groups excluding tert-OH is 1. The highest BCUT2D eigenvalue weighted by atomic mass is 35.5. The van der Waals surface area contributed by atoms with Crippen molar-refractivity contribution >= 4 is 18.3 Å². The van der Waals surface area contributed by atoms with Crippen molar-refractivity contribution in [3.8, 4) is 0 Å². The summed E-state index contributed by atoms with van der Waals surface area (Å²) in [4.78, 5) is 18.9. The first kappa shape index (κ1) is 15.8. The molecule has 1 aromatic heterocycles. The van der Waals surface area contributed by atoms with Gasteiger partial charge in [-0.15, -0.1) is 12.4 Å². The van der Waals surface area contributed by atoms with Gasteiger partial charge >= 0.3 is 0 Å². The molecule has 0 spiro atoms. The maximum Gasteiger partial charge on any atom is 0.240 e. The first-order valence-electron chi connectivity index (χ1n) is 7.89. The van der Waals surface area contributed by atoms with Crippen LogP contribution in [0.15, 0.2) is 4.42 Å². The lowest BCUT2D eigenvalue weighted by molar-refractivity contribution is -0.134. The van der Waals surface area contributed by atoms with E-state index in [0.717, 1.165) is 23.8 Å². The number of aliphatic hydroxyl groups is 1. The number of amides is 1. The first-order chi connectivity index (χ1) is 10.2. The second-order valence-corrected chi connectivity index (χ2v) is 6.41. The molecule has 3 heterocycles. The Kier molecular flexibility index (Phi) is 4.43. The summed E-state index contributed by atoms with van der Waals surface area (Å²) in [6, 6.07) is -0.250. The molecule has 0 bridgehead atoms. The summed E-state index contributed by atoms with van der Waals surface area (Å²) in [5.74, 6) is 2.40. The van der Waals surface area contributed by atoms with Crippen LogP contribution in [-0.2, 0) is 17.8 Å². The third kappa shape index (κ3) is 2.75. The predicted molar refractivity (Wildman–Crippen MR) is 81.9 cm³/mol. The summed E-state index contributed by atoms with van der Waals surface area (Å²) in [7, 11) is 0. The van der Waals surface area contributed by atoms with Gasteiger partial charge in [-0.05, 0) is 19.3 Å². The van der Waals surface area contributed by atoms with E-state index in [0.29, 0.717) is 32.0 Å². The van der Waals surface area contributed by atoms with Gasteiger partial charge in [0, 0.05) is 25.4 Å². The van der Waals surface area contributed by atoms with E-state index in [9.17, 15) is 9.90 Å². The average Bonchev–Trinajstić information content (AvgIpc) is 3.01. The Balaban J connectivity index is 0.00000144. The third-order valence-corrected chi connectivity index (χ3v) is 4.92. The number of fused-ring (bicyclic) bond motifs is 1. The Morgan fingerprint density at radius 1 is 1.41 bits per heavy atom. The SMILES string of the molecule is Cl.O=C([C@H]1C[C@@H](O)CN1)N1CCc2oc(C3CCC3)nc2C1. The second kappa shape index (κ2) is 6.18. The molecule has 0 unspecified atom stereocenters. The fourth-order valence-electron chi connectivity index (χ4n) is 3.36. The van der Waals surface area contributed by atoms with Crippen LogP contribution in [0.3, 0.4) is 0 Å². The van der Waals surface area contributed by atoms with Crippen molar-refractivity contribution in [2.75, 3.05) is 13.1 Å². The number of β-amino-alcohol motifs (C(OH)–C–C–N with tert-alkyl or cyclic N) is 1. The van der Waals surface area contributed by atoms with Gasteiger partial charge in [0.25, 0.3) is 0 Å². The number of carbonyl (C=O) groups is 1. The van der Waals surface area contributed by atoms with Gasteiger partial charge in [0.15, 0.2) is 5.89 Å². The maximum absolute atomic E-state index is 12.5. The van der Waals surface area contributed by atoms with Crippen molar-refractivity contribution in [1.29, 1.82) is 0 Å². The molecular weight excluding hydrogens is 306 g/mol. The first-order valence-corrected chi connectivity index (χ1v) is 7.89. The van der Waals surface area contributed by atoms with Gasteiger partial charge in [-0.2, -0.15) is 0 Å². The Bertz CT molecular complexity index is 558. The molecule has 0 aromatic carbocycles. The summed E-state index contributed by atoms with van der Waals surface area (Å²) >= 11 is 0. The molecule has 3 aliphatic rings. The number of rotatable bonds is 2. The van der Waals surface area contributed by atoms with Crippen LogP contribution in [-0.4, -0.2) is 46.1 Å². The number of nitrogens with one attached hydrogen (secondary N) is 1. The lowest BCUT2D eigenvalue weighted by Crippen LogP contribution is -2.45. The van der Waals surface area contributed by atoms with E-state index in [1.54, 1.807) is 0 Å². The van der Waals surface area contributed by atoms with E-state index in [4.69, 9.17) is 4.42 Å². The monoisotopic (exact) mass is 327 g/mol. The van der Waals surface area contributed by atoms with E-state index in [1.807, 2.05) is 4.90 Å². The summed E-state index contributed by atoms with van der Waals surface area (Å²) in [5, 5.41) is 12.6. The molecule has 2 fully saturated rings. The highest BCUT2D eigenvalue weighted by Gasteiger charge is 2.35. The van der Waals surface area contributed by atoms with E-state index < -0.39 is 6.10 Å². The maximum atomic E-state index is 12.5. The minimum Gasteiger partial charge on any atom is -0.445 e. The largest absolute Gasteiger partial charge is 0.445 e. The Labute approximate surface area is 135 Å². The minimum atomic E-state index is -0.406. The predicted octanol–water partition coefficient (Wildman–Crippen LogP) is 0.971. The smallest absolute Gasteiger partial charge is 0.240 e. The quantitative estimate of drug-likeness (QED) is 0.846. The van der Waals surface area contributed by atoms with E-state index >= 15 is 0 Å². The highest BCUT2D eigenvalue weighted by molar-refractivity contribution is 5.85. The lowest BCUT2D eigenvalue weighted by Gasteiger charge is -2.27. The molecule has 2 N–H and O–H groups in total. The van der Waals surface area contributed by atoms with Gasteiger partial charge in [-0.1, -0.05) is 6.42 Å². The lowest BCUT2D eigenvalue weighted by atomic mass is 9.85. The zero-order valence-corrected chi connectivity index (χ0v) is 13.3. The van der Waals surface area contributed by atoms with E-state index in [-0.39, 0.29) is 24.4 Å². The van der Waals surface area contributed by atoms with E-state index in [1.165, 1.54) is 19.3 Å². The van der Waals surface area contributed by atoms with Gasteiger partial charge in [0.05, 0.1) is 18.7 Å². The van der Waals surface area contributed by atoms with Gasteiger partial charge in [0.1, 0.15) is 11.5 Å². The summed E-state index contributed by atoms with van der Waals surface area (Å²) < 4.78 is 5.88. The van der Waals surface area contributed by atoms with Gasteiger partial charge < -0.3 is 19.7 Å². The molecule has 22 heavy (non-hydrogen) atoms. The van der Waals surface area contributed by atoms with Crippen LogP contribution in [0.1, 0.15) is 48.9 Å². The number of carbonyl (C=O) groups excluding carboxylic acids is 1. The molecule has 1 saturated heterocycles. The van der Waals surface area contributed by atoms with Gasteiger partial charge in [-0.25, -0.2) is 4.98 Å². The van der Waals surface area contributed by atoms with Gasteiger partial charge in [0.2, 0.25) is 5.91 Å². The fourth-order valence-corrected chi connectivity index (χ4v) is 3.36. The molecule has 1 amide bonds. The van der Waals surface area contributed by atoms with Crippen molar-refractivity contribution in [3.63, 3.8) is 0 Å². The molecule has 1 aliphatic carbocycles. The van der Waals surface area contributed by atoms with Crippen LogP contribution in [0.4, 0.5) is 0 Å². The zero-order valence-electron chi connectivity index (χ0n) is 12.5. The molecular formula is C15H22ClN3O3. The summed E-state index contributed by atoms with van der Waals surface area (Å²) in [6.07, 6.45) is 4.46. The number of oxazole rings is 1. The normalized spacial score (nSPS) is 28.0. The standard InChI is InChI=1S/C15H21N3O3.ClH/c19-10-6-11(16-7-10)15(20)18-5-4-13-12(8-18)17-14(21-13)9-2-1-3-9;/h9-11,16,19H,1-8H2;1H/t10-,11-;/m1./s1. The third-order valence-electron chi connectivity index (χ3n) is 4.92. The van der Waals surface area contributed by atoms with Crippen molar-refractivity contribution in [2.24, 2.45) is 0 Å². The molecule has 7 heteroatoms. The summed E-state index contributed by atoms with van der Waals surface area (Å²) in [5.41, 5.74) is 0.926. The number of hydrogen-bond donors (Lipinski definition) is 2. The Morgan fingerprint density at radius 2 is 2.23 bits per heavy atom. The van der Waals surface area contributed by atoms with Crippen LogP contribution in [0, 0.1) is 0 Å². The van der Waals surface area contributed by atoms with Crippen LogP contribution in [0.5, 0.6) is 0 Å². The average molecular weight is 328 g/mol. The zero-order chi connectivity index (χ0) is 14.4. The molecule has 2 atom stereocenters. The number of hydrogen-bond acceptors (Lipinski definition) is 5. The topological polar surface area (TPSA) is 78.6 Å². The molecule has 0 radical (unpaired) electrons. The summed E-state index contributed by atoms with van der Waals surface area (Å²) in [6.45, 7) is 1.73. The fraction of sp³-hybridized carbons (Fsp3) is 0.733. The number of nitrogens with zero attached hydrogens (tertiary/aromatic N) is 2. The molecule has 1 saturated carbocycles. The van der Waals surface area contributed by atoms with Crippen molar-refractivity contribution in [1.82, 2.24) is 15.2 Å². The minimum absolute atomic E-state index is 0. The Hall–Kier alpha value is -1.11. The Morgan fingerprint density at radius 3 is 2.86 bits per heavy atom. The molecule has 122 valence electrons.